The summed E-state index contributed by atoms with van der Waals surface area (Å²) in [4.78, 5) is 28.0. The van der Waals surface area contributed by atoms with Gasteiger partial charge in [0.05, 0.1) is 12.8 Å². The molecule has 1 aromatic heterocycles. The first-order chi connectivity index (χ1) is 18.3. The largest absolute Gasteiger partial charge is 0.497 e. The van der Waals surface area contributed by atoms with Crippen molar-refractivity contribution in [2.75, 3.05) is 25.1 Å². The lowest BCUT2D eigenvalue weighted by Gasteiger charge is -2.30. The van der Waals surface area contributed by atoms with Gasteiger partial charge in [-0.05, 0) is 61.2 Å². The molecule has 3 aromatic rings. The first-order valence-corrected chi connectivity index (χ1v) is 13.5. The summed E-state index contributed by atoms with van der Waals surface area (Å²) in [5.41, 5.74) is 3.66. The molecule has 8 nitrogen and oxygen atoms in total. The summed E-state index contributed by atoms with van der Waals surface area (Å²) in [6, 6.07) is 16.0. The number of methoxy groups -OCH3 is 1. The van der Waals surface area contributed by atoms with Crippen molar-refractivity contribution in [2.45, 2.75) is 57.4 Å². The average Bonchev–Trinajstić information content (AvgIpc) is 3.61. The number of nitrogens with one attached hydrogen (secondary N) is 1. The molecule has 2 aliphatic rings. The first kappa shape index (κ1) is 26.3. The van der Waals surface area contributed by atoms with Crippen LogP contribution in [-0.4, -0.2) is 47.9 Å². The van der Waals surface area contributed by atoms with Crippen molar-refractivity contribution in [1.82, 2.24) is 15.1 Å². The zero-order valence-electron chi connectivity index (χ0n) is 22.1. The minimum Gasteiger partial charge on any atom is -0.497 e. The molecule has 38 heavy (non-hydrogen) atoms. The first-order valence-electron chi connectivity index (χ1n) is 13.1. The number of ether oxygens (including phenoxy) is 1. The number of carbonyl (C=O) groups excluding carboxylic acids is 2. The van der Waals surface area contributed by atoms with Gasteiger partial charge < -0.3 is 19.1 Å². The molecule has 1 amide bonds. The number of fused-ring (bicyclic) bond motifs is 1. The standard InChI is InChI=1S/C29H34N4O4S/c1-29(2,18-30-20-6-4-5-7-20)19-8-10-21(11-9-19)32-17-16-24-25(28(35)37-38)31-33(26(24)27(32)34)22-12-14-23(36-3)15-13-22/h8-15,20,30,38H,4-7,16-18H2,1-3H3. The number of benzene rings is 2. The van der Waals surface area contributed by atoms with Gasteiger partial charge in [-0.2, -0.15) is 5.10 Å². The molecule has 1 aliphatic carbocycles. The summed E-state index contributed by atoms with van der Waals surface area (Å²) in [6.45, 7) is 5.84. The topological polar surface area (TPSA) is 85.7 Å². The van der Waals surface area contributed by atoms with Crippen molar-refractivity contribution < 1.29 is 18.5 Å². The Morgan fingerprint density at radius 1 is 1.08 bits per heavy atom. The van der Waals surface area contributed by atoms with Gasteiger partial charge in [-0.25, -0.2) is 9.48 Å². The van der Waals surface area contributed by atoms with E-state index in [2.05, 4.69) is 53.5 Å². The fourth-order valence-electron chi connectivity index (χ4n) is 5.45. The molecule has 0 saturated heterocycles. The monoisotopic (exact) mass is 534 g/mol. The Morgan fingerprint density at radius 3 is 2.37 bits per heavy atom. The van der Waals surface area contributed by atoms with Crippen molar-refractivity contribution in [3.05, 3.63) is 71.0 Å². The number of hydrogen-bond donors (Lipinski definition) is 2. The number of anilines is 1. The molecule has 200 valence electrons. The summed E-state index contributed by atoms with van der Waals surface area (Å²) >= 11 is 3.67. The normalized spacial score (nSPS) is 16.0. The van der Waals surface area contributed by atoms with Gasteiger partial charge in [0.2, 0.25) is 0 Å². The van der Waals surface area contributed by atoms with E-state index >= 15 is 0 Å². The third-order valence-corrected chi connectivity index (χ3v) is 7.92. The lowest BCUT2D eigenvalue weighted by atomic mass is 9.84. The van der Waals surface area contributed by atoms with Gasteiger partial charge in [0.25, 0.3) is 5.91 Å². The number of nitrogens with zero attached hydrogens (tertiary/aromatic N) is 3. The maximum Gasteiger partial charge on any atom is 0.370 e. The molecule has 1 fully saturated rings. The molecule has 0 bridgehead atoms. The lowest BCUT2D eigenvalue weighted by Crippen LogP contribution is -2.39. The van der Waals surface area contributed by atoms with Gasteiger partial charge in [0, 0.05) is 48.7 Å². The van der Waals surface area contributed by atoms with E-state index in [-0.39, 0.29) is 17.0 Å². The smallest absolute Gasteiger partial charge is 0.370 e. The number of amides is 1. The van der Waals surface area contributed by atoms with Crippen LogP contribution in [0.4, 0.5) is 5.69 Å². The van der Waals surface area contributed by atoms with Gasteiger partial charge in [0.15, 0.2) is 5.69 Å². The highest BCUT2D eigenvalue weighted by molar-refractivity contribution is 7.75. The van der Waals surface area contributed by atoms with E-state index in [0.717, 1.165) is 12.2 Å². The number of rotatable bonds is 8. The van der Waals surface area contributed by atoms with Gasteiger partial charge in [-0.3, -0.25) is 4.79 Å². The Bertz CT molecular complexity index is 1310. The maximum atomic E-state index is 13.8. The molecule has 9 heteroatoms. The molecule has 0 radical (unpaired) electrons. The van der Waals surface area contributed by atoms with Crippen LogP contribution >= 0.6 is 12.9 Å². The Labute approximate surface area is 228 Å². The van der Waals surface area contributed by atoms with Crippen LogP contribution in [0.25, 0.3) is 5.69 Å². The second kappa shape index (κ2) is 10.8. The zero-order valence-corrected chi connectivity index (χ0v) is 23.0. The van der Waals surface area contributed by atoms with Gasteiger partial charge >= 0.3 is 5.97 Å². The van der Waals surface area contributed by atoms with Gasteiger partial charge in [-0.1, -0.05) is 38.8 Å². The zero-order chi connectivity index (χ0) is 26.9. The Kier molecular flexibility index (Phi) is 7.49. The van der Waals surface area contributed by atoms with E-state index in [1.165, 1.54) is 35.9 Å². The van der Waals surface area contributed by atoms with Gasteiger partial charge in [0.1, 0.15) is 11.4 Å². The predicted octanol–water partition coefficient (Wildman–Crippen LogP) is 4.90. The van der Waals surface area contributed by atoms with E-state index in [0.29, 0.717) is 41.7 Å². The Hall–Kier alpha value is -3.30. The summed E-state index contributed by atoms with van der Waals surface area (Å²) in [7, 11) is 1.59. The van der Waals surface area contributed by atoms with Crippen molar-refractivity contribution in [1.29, 1.82) is 0 Å². The molecule has 1 N–H and O–H groups in total. The minimum atomic E-state index is -0.684. The summed E-state index contributed by atoms with van der Waals surface area (Å²) in [5, 5.41) is 8.20. The fourth-order valence-corrected chi connectivity index (χ4v) is 5.53. The minimum absolute atomic E-state index is 0.0324. The lowest BCUT2D eigenvalue weighted by molar-refractivity contribution is 0.0764. The molecule has 0 unspecified atom stereocenters. The van der Waals surface area contributed by atoms with Gasteiger partial charge in [-0.15, -0.1) is 0 Å². The quantitative estimate of drug-likeness (QED) is 0.316. The number of carbonyl (C=O) groups is 2. The maximum absolute atomic E-state index is 13.8. The van der Waals surface area contributed by atoms with Crippen LogP contribution in [0.15, 0.2) is 48.5 Å². The van der Waals surface area contributed by atoms with Crippen molar-refractivity contribution in [3.8, 4) is 11.4 Å². The van der Waals surface area contributed by atoms with Crippen molar-refractivity contribution >= 4 is 30.5 Å². The number of hydrogen-bond acceptors (Lipinski definition) is 7. The molecule has 0 atom stereocenters. The van der Waals surface area contributed by atoms with Crippen molar-refractivity contribution in [3.63, 3.8) is 0 Å². The average molecular weight is 535 g/mol. The molecular weight excluding hydrogens is 500 g/mol. The SMILES string of the molecule is COc1ccc(-n2nc(C(=O)OS)c3c2C(=O)N(c2ccc(C(C)(C)CNC4CCCC4)cc2)CC3)cc1. The fraction of sp³-hybridized carbons (Fsp3) is 0.414. The third-order valence-electron chi connectivity index (χ3n) is 7.76. The third kappa shape index (κ3) is 5.05. The van der Waals surface area contributed by atoms with E-state index in [9.17, 15) is 9.59 Å². The molecule has 2 heterocycles. The van der Waals surface area contributed by atoms with Crippen LogP contribution < -0.4 is 15.0 Å². The molecule has 1 aliphatic heterocycles. The van der Waals surface area contributed by atoms with Crippen LogP contribution in [-0.2, 0) is 16.0 Å². The van der Waals surface area contributed by atoms with Crippen molar-refractivity contribution in [2.24, 2.45) is 0 Å². The Morgan fingerprint density at radius 2 is 1.74 bits per heavy atom. The number of thiol groups is 1. The summed E-state index contributed by atoms with van der Waals surface area (Å²) in [5.74, 6) is -0.224. The van der Waals surface area contributed by atoms with E-state index in [1.54, 1.807) is 36.3 Å². The highest BCUT2D eigenvalue weighted by atomic mass is 32.1. The molecule has 1 saturated carbocycles. The van der Waals surface area contributed by atoms with Crippen LogP contribution in [0.2, 0.25) is 0 Å². The van der Waals surface area contributed by atoms with Crippen LogP contribution in [0.5, 0.6) is 5.75 Å². The highest BCUT2D eigenvalue weighted by Gasteiger charge is 2.36. The summed E-state index contributed by atoms with van der Waals surface area (Å²) < 4.78 is 11.4. The highest BCUT2D eigenvalue weighted by Crippen LogP contribution is 2.32. The van der Waals surface area contributed by atoms with Crippen LogP contribution in [0.3, 0.4) is 0 Å². The van der Waals surface area contributed by atoms with Crippen LogP contribution in [0, 0.1) is 0 Å². The molecule has 2 aromatic carbocycles. The predicted molar refractivity (Wildman–Crippen MR) is 150 cm³/mol. The summed E-state index contributed by atoms with van der Waals surface area (Å²) in [6.07, 6.45) is 5.61. The second-order valence-corrected chi connectivity index (χ2v) is 10.8. The van der Waals surface area contributed by atoms with E-state index < -0.39 is 5.97 Å². The molecular formula is C29H34N4O4S. The molecule has 5 rings (SSSR count). The van der Waals surface area contributed by atoms with Crippen LogP contribution in [0.1, 0.15) is 71.6 Å². The molecule has 0 spiro atoms. The van der Waals surface area contributed by atoms with E-state index in [4.69, 9.17) is 4.74 Å². The van der Waals surface area contributed by atoms with E-state index in [1.807, 2.05) is 12.1 Å². The number of aromatic nitrogens is 2. The Balaban J connectivity index is 1.42. The second-order valence-electron chi connectivity index (χ2n) is 10.7.